The van der Waals surface area contributed by atoms with Crippen LogP contribution in [-0.2, 0) is 0 Å². The van der Waals surface area contributed by atoms with E-state index in [1.807, 2.05) is 48.7 Å². The molecule has 22 heavy (non-hydrogen) atoms. The first-order valence-electron chi connectivity index (χ1n) is 6.72. The van der Waals surface area contributed by atoms with Crippen molar-refractivity contribution in [2.45, 2.75) is 0 Å². The molecule has 6 nitrogen and oxygen atoms in total. The predicted octanol–water partition coefficient (Wildman–Crippen LogP) is 2.53. The second-order valence-corrected chi connectivity index (χ2v) is 4.71. The van der Waals surface area contributed by atoms with Gasteiger partial charge in [0.1, 0.15) is 5.69 Å². The summed E-state index contributed by atoms with van der Waals surface area (Å²) in [4.78, 5) is 0. The highest BCUT2D eigenvalue weighted by atomic mass is 16.5. The van der Waals surface area contributed by atoms with Crippen molar-refractivity contribution in [3.63, 3.8) is 0 Å². The van der Waals surface area contributed by atoms with Crippen LogP contribution in [0.15, 0.2) is 48.7 Å². The van der Waals surface area contributed by atoms with Crippen molar-refractivity contribution >= 4 is 5.69 Å². The molecule has 3 rings (SSSR count). The van der Waals surface area contributed by atoms with Gasteiger partial charge in [-0.3, -0.25) is 0 Å². The fraction of sp³-hybridized carbons (Fsp3) is 0.125. The monoisotopic (exact) mass is 296 g/mol. The summed E-state index contributed by atoms with van der Waals surface area (Å²) in [5, 5.41) is 8.34. The molecule has 0 fully saturated rings. The topological polar surface area (TPSA) is 75.2 Å². The van der Waals surface area contributed by atoms with Crippen molar-refractivity contribution in [1.82, 2.24) is 15.0 Å². The van der Waals surface area contributed by atoms with Gasteiger partial charge in [0.15, 0.2) is 11.5 Å². The maximum atomic E-state index is 5.79. The summed E-state index contributed by atoms with van der Waals surface area (Å²) in [6.45, 7) is 0. The molecule has 0 spiro atoms. The Morgan fingerprint density at radius 2 is 1.82 bits per heavy atom. The fourth-order valence-electron chi connectivity index (χ4n) is 2.19. The number of hydrogen-bond acceptors (Lipinski definition) is 5. The molecule has 0 bridgehead atoms. The van der Waals surface area contributed by atoms with Gasteiger partial charge in [0.05, 0.1) is 26.1 Å². The van der Waals surface area contributed by atoms with E-state index in [4.69, 9.17) is 15.2 Å². The number of anilines is 1. The molecule has 1 heterocycles. The smallest absolute Gasteiger partial charge is 0.161 e. The lowest BCUT2D eigenvalue weighted by Gasteiger charge is -2.08. The Kier molecular flexibility index (Phi) is 3.65. The van der Waals surface area contributed by atoms with Gasteiger partial charge in [-0.1, -0.05) is 11.3 Å². The third-order valence-corrected chi connectivity index (χ3v) is 3.31. The van der Waals surface area contributed by atoms with Crippen LogP contribution in [0.2, 0.25) is 0 Å². The quantitative estimate of drug-likeness (QED) is 0.749. The van der Waals surface area contributed by atoms with Crippen LogP contribution < -0.4 is 15.2 Å². The van der Waals surface area contributed by atoms with Gasteiger partial charge in [-0.15, -0.1) is 5.10 Å². The number of nitrogen functional groups attached to an aromatic ring is 1. The molecular weight excluding hydrogens is 280 g/mol. The zero-order valence-corrected chi connectivity index (χ0v) is 12.4. The predicted molar refractivity (Wildman–Crippen MR) is 84.3 cm³/mol. The number of nitrogens with zero attached hydrogens (tertiary/aromatic N) is 3. The lowest BCUT2D eigenvalue weighted by Crippen LogP contribution is -1.95. The fourth-order valence-corrected chi connectivity index (χ4v) is 2.19. The van der Waals surface area contributed by atoms with E-state index in [1.54, 1.807) is 18.9 Å². The molecule has 2 aromatic carbocycles. The van der Waals surface area contributed by atoms with E-state index < -0.39 is 0 Å². The molecule has 0 radical (unpaired) electrons. The minimum absolute atomic E-state index is 0.651. The van der Waals surface area contributed by atoms with Crippen molar-refractivity contribution in [2.24, 2.45) is 0 Å². The highest BCUT2D eigenvalue weighted by Crippen LogP contribution is 2.31. The van der Waals surface area contributed by atoms with Crippen LogP contribution in [0.1, 0.15) is 0 Å². The van der Waals surface area contributed by atoms with E-state index in [-0.39, 0.29) is 0 Å². The van der Waals surface area contributed by atoms with E-state index in [0.29, 0.717) is 17.2 Å². The van der Waals surface area contributed by atoms with E-state index in [0.717, 1.165) is 16.9 Å². The first-order chi connectivity index (χ1) is 10.7. The lowest BCUT2D eigenvalue weighted by molar-refractivity contribution is 0.355. The maximum absolute atomic E-state index is 5.79. The number of aromatic nitrogens is 3. The van der Waals surface area contributed by atoms with Gasteiger partial charge in [-0.2, -0.15) is 0 Å². The molecule has 1 aromatic heterocycles. The van der Waals surface area contributed by atoms with Crippen molar-refractivity contribution in [1.29, 1.82) is 0 Å². The molecule has 0 saturated carbocycles. The molecule has 0 aliphatic heterocycles. The first kappa shape index (κ1) is 13.9. The Morgan fingerprint density at radius 3 is 2.55 bits per heavy atom. The number of nitrogens with two attached hydrogens (primary N) is 1. The molecule has 3 aromatic rings. The summed E-state index contributed by atoms with van der Waals surface area (Å²) < 4.78 is 12.2. The van der Waals surface area contributed by atoms with Crippen LogP contribution in [0.5, 0.6) is 11.5 Å². The maximum Gasteiger partial charge on any atom is 0.161 e. The van der Waals surface area contributed by atoms with Gasteiger partial charge < -0.3 is 15.2 Å². The number of rotatable bonds is 4. The molecule has 0 amide bonds. The van der Waals surface area contributed by atoms with Gasteiger partial charge >= 0.3 is 0 Å². The lowest BCUT2D eigenvalue weighted by atomic mass is 10.1. The average Bonchev–Trinajstić information content (AvgIpc) is 3.04. The Hall–Kier alpha value is -3.02. The SMILES string of the molecule is COc1ccc(-c2cn(-c3cccc(N)c3)nn2)cc1OC. The van der Waals surface area contributed by atoms with Crippen LogP contribution in [0, 0.1) is 0 Å². The van der Waals surface area contributed by atoms with Crippen molar-refractivity contribution in [3.05, 3.63) is 48.7 Å². The Balaban J connectivity index is 1.97. The second kappa shape index (κ2) is 5.77. The average molecular weight is 296 g/mol. The normalized spacial score (nSPS) is 10.5. The highest BCUT2D eigenvalue weighted by Gasteiger charge is 2.10. The zero-order valence-electron chi connectivity index (χ0n) is 12.4. The van der Waals surface area contributed by atoms with Crippen LogP contribution >= 0.6 is 0 Å². The molecule has 0 unspecified atom stereocenters. The summed E-state index contributed by atoms with van der Waals surface area (Å²) in [6.07, 6.45) is 1.84. The van der Waals surface area contributed by atoms with Gasteiger partial charge in [0, 0.05) is 11.3 Å². The third kappa shape index (κ3) is 2.58. The van der Waals surface area contributed by atoms with Crippen molar-refractivity contribution < 1.29 is 9.47 Å². The first-order valence-corrected chi connectivity index (χ1v) is 6.72. The molecule has 0 aliphatic carbocycles. The summed E-state index contributed by atoms with van der Waals surface area (Å²) in [5.74, 6) is 1.33. The van der Waals surface area contributed by atoms with Crippen molar-refractivity contribution in [3.8, 4) is 28.4 Å². The molecule has 0 aliphatic rings. The largest absolute Gasteiger partial charge is 0.493 e. The second-order valence-electron chi connectivity index (χ2n) is 4.71. The molecule has 0 atom stereocenters. The number of ether oxygens (including phenoxy) is 2. The van der Waals surface area contributed by atoms with E-state index in [2.05, 4.69) is 10.3 Å². The minimum Gasteiger partial charge on any atom is -0.493 e. The number of benzene rings is 2. The number of methoxy groups -OCH3 is 2. The standard InChI is InChI=1S/C16H16N4O2/c1-21-15-7-6-11(8-16(15)22-2)14-10-20(19-18-14)13-5-3-4-12(17)9-13/h3-10H,17H2,1-2H3. The Morgan fingerprint density at radius 1 is 1.00 bits per heavy atom. The van der Waals surface area contributed by atoms with Crippen LogP contribution in [0.3, 0.4) is 0 Å². The van der Waals surface area contributed by atoms with E-state index >= 15 is 0 Å². The van der Waals surface area contributed by atoms with Crippen LogP contribution in [0.25, 0.3) is 16.9 Å². The Labute approximate surface area is 128 Å². The molecule has 6 heteroatoms. The van der Waals surface area contributed by atoms with Crippen LogP contribution in [-0.4, -0.2) is 29.2 Å². The highest BCUT2D eigenvalue weighted by molar-refractivity contribution is 5.63. The van der Waals surface area contributed by atoms with Crippen LogP contribution in [0.4, 0.5) is 5.69 Å². The van der Waals surface area contributed by atoms with Gasteiger partial charge in [0.25, 0.3) is 0 Å². The molecule has 112 valence electrons. The summed E-state index contributed by atoms with van der Waals surface area (Å²) in [5.41, 5.74) is 8.97. The summed E-state index contributed by atoms with van der Waals surface area (Å²) in [7, 11) is 3.21. The zero-order chi connectivity index (χ0) is 15.5. The van der Waals surface area contributed by atoms with Gasteiger partial charge in [-0.25, -0.2) is 4.68 Å². The Bertz CT molecular complexity index is 798. The van der Waals surface area contributed by atoms with E-state index in [1.165, 1.54) is 0 Å². The summed E-state index contributed by atoms with van der Waals surface area (Å²) in [6, 6.07) is 13.1. The third-order valence-electron chi connectivity index (χ3n) is 3.31. The van der Waals surface area contributed by atoms with Crippen molar-refractivity contribution in [2.75, 3.05) is 20.0 Å². The van der Waals surface area contributed by atoms with E-state index in [9.17, 15) is 0 Å². The summed E-state index contributed by atoms with van der Waals surface area (Å²) >= 11 is 0. The number of hydrogen-bond donors (Lipinski definition) is 1. The van der Waals surface area contributed by atoms with Gasteiger partial charge in [0.2, 0.25) is 0 Å². The molecule has 2 N–H and O–H groups in total. The minimum atomic E-state index is 0.651. The molecular formula is C16H16N4O2. The van der Waals surface area contributed by atoms with Gasteiger partial charge in [-0.05, 0) is 36.4 Å². The molecule has 0 saturated heterocycles.